The van der Waals surface area contributed by atoms with Crippen LogP contribution in [0.15, 0.2) is 30.3 Å². The summed E-state index contributed by atoms with van der Waals surface area (Å²) in [5, 5.41) is 3.80. The number of nitrogens with two attached hydrogens (primary N) is 1. The van der Waals surface area contributed by atoms with Crippen molar-refractivity contribution in [3.05, 3.63) is 41.6 Å². The maximum absolute atomic E-state index is 11.8. The molecule has 1 aromatic carbocycles. The first-order valence-corrected chi connectivity index (χ1v) is 7.35. The van der Waals surface area contributed by atoms with Crippen molar-refractivity contribution in [2.75, 3.05) is 17.7 Å². The molecule has 2 aromatic rings. The van der Waals surface area contributed by atoms with Crippen LogP contribution in [0.2, 0.25) is 0 Å². The molecule has 0 aliphatic heterocycles. The van der Waals surface area contributed by atoms with Gasteiger partial charge in [-0.2, -0.15) is 0 Å². The van der Waals surface area contributed by atoms with Gasteiger partial charge in [0.25, 0.3) is 0 Å². The van der Waals surface area contributed by atoms with E-state index in [0.29, 0.717) is 16.7 Å². The number of aryl methyl sites for hydroxylation is 1. The van der Waals surface area contributed by atoms with Crippen LogP contribution in [-0.4, -0.2) is 17.5 Å². The first-order valence-electron chi connectivity index (χ1n) is 6.53. The van der Waals surface area contributed by atoms with Crippen molar-refractivity contribution in [2.45, 2.75) is 13.8 Å². The summed E-state index contributed by atoms with van der Waals surface area (Å²) in [6.45, 7) is 4.37. The molecule has 0 aliphatic rings. The Balaban J connectivity index is 1.95. The van der Waals surface area contributed by atoms with Crippen LogP contribution >= 0.6 is 11.3 Å². The summed E-state index contributed by atoms with van der Waals surface area (Å²) in [7, 11) is 0. The third-order valence-electron chi connectivity index (χ3n) is 2.68. The van der Waals surface area contributed by atoms with Crippen LogP contribution in [0.3, 0.4) is 0 Å². The number of thiazole rings is 1. The van der Waals surface area contributed by atoms with Crippen molar-refractivity contribution in [1.82, 2.24) is 4.98 Å². The molecule has 6 heteroatoms. The number of hydrogen-bond donors (Lipinski definition) is 2. The third-order valence-corrected chi connectivity index (χ3v) is 3.58. The predicted molar refractivity (Wildman–Crippen MR) is 86.5 cm³/mol. The number of aromatic nitrogens is 1. The molecular weight excluding hydrogens is 286 g/mol. The van der Waals surface area contributed by atoms with E-state index in [1.807, 2.05) is 31.2 Å². The standard InChI is InChI=1S/C15H17N3O2S/c1-3-20-12-7-4-11(5-8-12)6-9-13(19)18-15-17-10(2)14(16)21-15/h4-9H,3,16H2,1-2H3,(H,17,18,19)/b9-6+. The van der Waals surface area contributed by atoms with Gasteiger partial charge in [-0.05, 0) is 37.6 Å². The summed E-state index contributed by atoms with van der Waals surface area (Å²) in [6.07, 6.45) is 3.19. The van der Waals surface area contributed by atoms with Crippen LogP contribution in [0.1, 0.15) is 18.2 Å². The Hall–Kier alpha value is -2.34. The number of carbonyl (C=O) groups excluding carboxylic acids is 1. The van der Waals surface area contributed by atoms with Gasteiger partial charge in [-0.15, -0.1) is 0 Å². The lowest BCUT2D eigenvalue weighted by Crippen LogP contribution is -2.07. The third kappa shape index (κ3) is 4.32. The topological polar surface area (TPSA) is 77.2 Å². The first-order chi connectivity index (χ1) is 10.1. The Morgan fingerprint density at radius 3 is 2.71 bits per heavy atom. The van der Waals surface area contributed by atoms with Crippen LogP contribution in [0, 0.1) is 6.92 Å². The van der Waals surface area contributed by atoms with Gasteiger partial charge in [0.15, 0.2) is 5.13 Å². The van der Waals surface area contributed by atoms with Crippen molar-refractivity contribution < 1.29 is 9.53 Å². The van der Waals surface area contributed by atoms with Crippen molar-refractivity contribution in [1.29, 1.82) is 0 Å². The number of carbonyl (C=O) groups is 1. The molecule has 2 rings (SSSR count). The summed E-state index contributed by atoms with van der Waals surface area (Å²) < 4.78 is 5.36. The van der Waals surface area contributed by atoms with Gasteiger partial charge in [0.2, 0.25) is 5.91 Å². The Kier molecular flexibility index (Phi) is 4.94. The average molecular weight is 303 g/mol. The van der Waals surface area contributed by atoms with Crippen molar-refractivity contribution in [2.24, 2.45) is 0 Å². The molecule has 0 saturated heterocycles. The molecule has 0 fully saturated rings. The van der Waals surface area contributed by atoms with E-state index in [-0.39, 0.29) is 5.91 Å². The minimum Gasteiger partial charge on any atom is -0.494 e. The van der Waals surface area contributed by atoms with E-state index < -0.39 is 0 Å². The second-order valence-electron chi connectivity index (χ2n) is 4.29. The van der Waals surface area contributed by atoms with E-state index in [4.69, 9.17) is 10.5 Å². The van der Waals surface area contributed by atoms with E-state index in [1.54, 1.807) is 13.0 Å². The smallest absolute Gasteiger partial charge is 0.250 e. The molecule has 21 heavy (non-hydrogen) atoms. The van der Waals surface area contributed by atoms with Gasteiger partial charge in [-0.1, -0.05) is 23.5 Å². The number of ether oxygens (including phenoxy) is 1. The number of nitrogens with one attached hydrogen (secondary N) is 1. The molecule has 0 unspecified atom stereocenters. The molecule has 110 valence electrons. The minimum absolute atomic E-state index is 0.238. The number of anilines is 2. The number of amides is 1. The Morgan fingerprint density at radius 1 is 1.43 bits per heavy atom. The lowest BCUT2D eigenvalue weighted by Gasteiger charge is -2.02. The molecule has 0 saturated carbocycles. The molecule has 1 aromatic heterocycles. The SMILES string of the molecule is CCOc1ccc(/C=C/C(=O)Nc2nc(C)c(N)s2)cc1. The fraction of sp³-hybridized carbons (Fsp3) is 0.200. The Morgan fingerprint density at radius 2 is 2.14 bits per heavy atom. The van der Waals surface area contributed by atoms with E-state index in [9.17, 15) is 4.79 Å². The maximum Gasteiger partial charge on any atom is 0.250 e. The summed E-state index contributed by atoms with van der Waals surface area (Å²) in [5.41, 5.74) is 7.34. The van der Waals surface area contributed by atoms with Crippen LogP contribution in [0.5, 0.6) is 5.75 Å². The van der Waals surface area contributed by atoms with E-state index >= 15 is 0 Å². The molecule has 5 nitrogen and oxygen atoms in total. The van der Waals surface area contributed by atoms with E-state index in [1.165, 1.54) is 17.4 Å². The van der Waals surface area contributed by atoms with Gasteiger partial charge < -0.3 is 10.5 Å². The fourth-order valence-corrected chi connectivity index (χ4v) is 2.36. The Labute approximate surface area is 127 Å². The second-order valence-corrected chi connectivity index (χ2v) is 5.32. The average Bonchev–Trinajstić information content (AvgIpc) is 2.77. The number of nitrogen functional groups attached to an aromatic ring is 1. The molecule has 0 spiro atoms. The summed E-state index contributed by atoms with van der Waals surface area (Å²) >= 11 is 1.26. The molecule has 0 atom stereocenters. The molecule has 0 aliphatic carbocycles. The van der Waals surface area contributed by atoms with Crippen LogP contribution in [-0.2, 0) is 4.79 Å². The highest BCUT2D eigenvalue weighted by Gasteiger charge is 2.05. The molecule has 3 N–H and O–H groups in total. The highest BCUT2D eigenvalue weighted by atomic mass is 32.1. The molecule has 0 radical (unpaired) electrons. The normalized spacial score (nSPS) is 10.8. The lowest BCUT2D eigenvalue weighted by atomic mass is 10.2. The quantitative estimate of drug-likeness (QED) is 0.832. The molecular formula is C15H17N3O2S. The number of rotatable bonds is 5. The van der Waals surface area contributed by atoms with Gasteiger partial charge in [0.05, 0.1) is 12.3 Å². The summed E-state index contributed by atoms with van der Waals surface area (Å²) in [6, 6.07) is 7.51. The zero-order chi connectivity index (χ0) is 15.2. The van der Waals surface area contributed by atoms with Crippen molar-refractivity contribution in [3.8, 4) is 5.75 Å². The fourth-order valence-electron chi connectivity index (χ4n) is 1.62. The van der Waals surface area contributed by atoms with Crippen LogP contribution in [0.25, 0.3) is 6.08 Å². The monoisotopic (exact) mass is 303 g/mol. The van der Waals surface area contributed by atoms with Gasteiger partial charge in [0.1, 0.15) is 10.8 Å². The van der Waals surface area contributed by atoms with Crippen LogP contribution in [0.4, 0.5) is 10.1 Å². The number of benzene rings is 1. The highest BCUT2D eigenvalue weighted by molar-refractivity contribution is 7.19. The Bertz CT molecular complexity index is 628. The second kappa shape index (κ2) is 6.90. The summed E-state index contributed by atoms with van der Waals surface area (Å²) in [5.74, 6) is 0.575. The van der Waals surface area contributed by atoms with E-state index in [0.717, 1.165) is 17.0 Å². The van der Waals surface area contributed by atoms with Gasteiger partial charge in [0, 0.05) is 6.08 Å². The van der Waals surface area contributed by atoms with Gasteiger partial charge in [-0.3, -0.25) is 10.1 Å². The molecule has 0 bridgehead atoms. The molecule has 1 heterocycles. The predicted octanol–water partition coefficient (Wildman–Crippen LogP) is 3.08. The zero-order valence-corrected chi connectivity index (χ0v) is 12.7. The number of nitrogens with zero attached hydrogens (tertiary/aromatic N) is 1. The highest BCUT2D eigenvalue weighted by Crippen LogP contribution is 2.24. The maximum atomic E-state index is 11.8. The van der Waals surface area contributed by atoms with Crippen molar-refractivity contribution >= 4 is 33.5 Å². The van der Waals surface area contributed by atoms with Gasteiger partial charge in [-0.25, -0.2) is 4.98 Å². The van der Waals surface area contributed by atoms with Crippen molar-refractivity contribution in [3.63, 3.8) is 0 Å². The minimum atomic E-state index is -0.238. The zero-order valence-electron chi connectivity index (χ0n) is 11.9. The lowest BCUT2D eigenvalue weighted by molar-refractivity contribution is -0.111. The number of hydrogen-bond acceptors (Lipinski definition) is 5. The summed E-state index contributed by atoms with van der Waals surface area (Å²) in [4.78, 5) is 15.9. The largest absolute Gasteiger partial charge is 0.494 e. The molecule has 1 amide bonds. The van der Waals surface area contributed by atoms with Crippen LogP contribution < -0.4 is 15.8 Å². The first kappa shape index (κ1) is 15.1. The van der Waals surface area contributed by atoms with E-state index in [2.05, 4.69) is 10.3 Å². The van der Waals surface area contributed by atoms with Gasteiger partial charge >= 0.3 is 0 Å².